The molecule has 1 saturated heterocycles. The first kappa shape index (κ1) is 18.2. The predicted molar refractivity (Wildman–Crippen MR) is 108 cm³/mol. The highest BCUT2D eigenvalue weighted by molar-refractivity contribution is 5.94. The summed E-state index contributed by atoms with van der Waals surface area (Å²) in [5.41, 5.74) is 3.04. The number of hydrogen-bond donors (Lipinski definition) is 1. The number of nitrogens with one attached hydrogen (secondary N) is 1. The van der Waals surface area contributed by atoms with E-state index >= 15 is 0 Å². The van der Waals surface area contributed by atoms with Gasteiger partial charge in [-0.1, -0.05) is 30.3 Å². The topological polar surface area (TPSA) is 75.9 Å². The Bertz CT molecular complexity index is 873. The average Bonchev–Trinajstić information content (AvgIpc) is 3.28. The Hall–Kier alpha value is -3.22. The van der Waals surface area contributed by atoms with E-state index < -0.39 is 6.04 Å². The highest BCUT2D eigenvalue weighted by Crippen LogP contribution is 2.23. The summed E-state index contributed by atoms with van der Waals surface area (Å²) in [7, 11) is 0. The Labute approximate surface area is 164 Å². The Morgan fingerprint density at radius 3 is 2.43 bits per heavy atom. The van der Waals surface area contributed by atoms with Crippen LogP contribution in [0.4, 0.5) is 11.4 Å². The van der Waals surface area contributed by atoms with E-state index in [4.69, 9.17) is 0 Å². The van der Waals surface area contributed by atoms with Crippen molar-refractivity contribution >= 4 is 17.3 Å². The van der Waals surface area contributed by atoms with Crippen LogP contribution in [0.25, 0.3) is 0 Å². The van der Waals surface area contributed by atoms with Gasteiger partial charge in [-0.15, -0.1) is 5.10 Å². The molecular formula is C21H24N6O. The van der Waals surface area contributed by atoms with Crippen LogP contribution < -0.4 is 10.2 Å². The van der Waals surface area contributed by atoms with Crippen molar-refractivity contribution in [3.8, 4) is 0 Å². The van der Waals surface area contributed by atoms with Gasteiger partial charge in [-0.05, 0) is 59.5 Å². The van der Waals surface area contributed by atoms with E-state index in [1.165, 1.54) is 36.0 Å². The van der Waals surface area contributed by atoms with Crippen molar-refractivity contribution in [3.05, 3.63) is 66.5 Å². The highest BCUT2D eigenvalue weighted by Gasteiger charge is 2.22. The predicted octanol–water partition coefficient (Wildman–Crippen LogP) is 3.09. The van der Waals surface area contributed by atoms with Gasteiger partial charge >= 0.3 is 0 Å². The third-order valence-electron chi connectivity index (χ3n) is 5.11. The maximum Gasteiger partial charge on any atom is 0.249 e. The quantitative estimate of drug-likeness (QED) is 0.715. The van der Waals surface area contributed by atoms with Crippen LogP contribution in [0.5, 0.6) is 0 Å². The molecule has 0 aliphatic carbocycles. The molecule has 7 nitrogen and oxygen atoms in total. The van der Waals surface area contributed by atoms with Gasteiger partial charge in [0, 0.05) is 30.9 Å². The number of piperidine rings is 1. The SMILES string of the molecule is O=C(Nc1ccc(N2CCCCC2)cc1)C(Cc1ccccc1)n1cnnn1. The van der Waals surface area contributed by atoms with Gasteiger partial charge in [0.15, 0.2) is 0 Å². The molecule has 2 heterocycles. The molecule has 0 spiro atoms. The summed E-state index contributed by atoms with van der Waals surface area (Å²) in [5, 5.41) is 14.3. The lowest BCUT2D eigenvalue weighted by Gasteiger charge is -2.28. The molecule has 28 heavy (non-hydrogen) atoms. The zero-order valence-corrected chi connectivity index (χ0v) is 15.7. The molecule has 3 aromatic rings. The summed E-state index contributed by atoms with van der Waals surface area (Å²) >= 11 is 0. The molecule has 0 radical (unpaired) electrons. The molecule has 2 aromatic carbocycles. The van der Waals surface area contributed by atoms with Crippen LogP contribution >= 0.6 is 0 Å². The summed E-state index contributed by atoms with van der Waals surface area (Å²) in [5.74, 6) is -0.137. The van der Waals surface area contributed by atoms with Gasteiger partial charge < -0.3 is 10.2 Å². The smallest absolute Gasteiger partial charge is 0.249 e. The first-order valence-electron chi connectivity index (χ1n) is 9.72. The van der Waals surface area contributed by atoms with Gasteiger partial charge in [-0.2, -0.15) is 0 Å². The molecule has 144 valence electrons. The number of anilines is 2. The van der Waals surface area contributed by atoms with Crippen LogP contribution in [0.1, 0.15) is 30.9 Å². The standard InChI is InChI=1S/C21H24N6O/c28-21(20(27-16-22-24-25-27)15-17-7-3-1-4-8-17)23-18-9-11-19(12-10-18)26-13-5-2-6-14-26/h1,3-4,7-12,16,20H,2,5-6,13-15H2,(H,23,28). The summed E-state index contributed by atoms with van der Waals surface area (Å²) in [4.78, 5) is 15.4. The minimum absolute atomic E-state index is 0.137. The van der Waals surface area contributed by atoms with E-state index in [1.807, 2.05) is 42.5 Å². The van der Waals surface area contributed by atoms with Gasteiger partial charge in [-0.25, -0.2) is 4.68 Å². The van der Waals surface area contributed by atoms with Crippen LogP contribution in [0.3, 0.4) is 0 Å². The molecule has 1 aliphatic rings. The second-order valence-corrected chi connectivity index (χ2v) is 7.08. The number of carbonyl (C=O) groups excluding carboxylic acids is 1. The molecule has 1 aliphatic heterocycles. The normalized spacial score (nSPS) is 15.2. The van der Waals surface area contributed by atoms with Gasteiger partial charge in [-0.3, -0.25) is 4.79 Å². The fourth-order valence-electron chi connectivity index (χ4n) is 3.59. The minimum atomic E-state index is -0.515. The molecule has 0 saturated carbocycles. The summed E-state index contributed by atoms with van der Waals surface area (Å²) in [6.07, 6.45) is 5.79. The molecule has 1 atom stereocenters. The van der Waals surface area contributed by atoms with Crippen LogP contribution in [-0.2, 0) is 11.2 Å². The van der Waals surface area contributed by atoms with Crippen molar-refractivity contribution in [2.24, 2.45) is 0 Å². The van der Waals surface area contributed by atoms with Crippen molar-refractivity contribution < 1.29 is 4.79 Å². The monoisotopic (exact) mass is 376 g/mol. The van der Waals surface area contributed by atoms with Crippen LogP contribution in [0.15, 0.2) is 60.9 Å². The summed E-state index contributed by atoms with van der Waals surface area (Å²) in [6, 6.07) is 17.4. The molecule has 0 bridgehead atoms. The summed E-state index contributed by atoms with van der Waals surface area (Å²) in [6.45, 7) is 2.20. The number of rotatable bonds is 6. The maximum atomic E-state index is 13.0. The number of benzene rings is 2. The fourth-order valence-corrected chi connectivity index (χ4v) is 3.59. The first-order valence-corrected chi connectivity index (χ1v) is 9.72. The maximum absolute atomic E-state index is 13.0. The van der Waals surface area contributed by atoms with E-state index in [-0.39, 0.29) is 5.91 Å². The van der Waals surface area contributed by atoms with Crippen LogP contribution in [0.2, 0.25) is 0 Å². The van der Waals surface area contributed by atoms with Gasteiger partial charge in [0.1, 0.15) is 12.4 Å². The van der Waals surface area contributed by atoms with Crippen LogP contribution in [0, 0.1) is 0 Å². The second-order valence-electron chi connectivity index (χ2n) is 7.08. The van der Waals surface area contributed by atoms with Crippen molar-refractivity contribution in [1.82, 2.24) is 20.2 Å². The van der Waals surface area contributed by atoms with Crippen molar-refractivity contribution in [1.29, 1.82) is 0 Å². The van der Waals surface area contributed by atoms with Crippen LogP contribution in [-0.4, -0.2) is 39.2 Å². The number of nitrogens with zero attached hydrogens (tertiary/aromatic N) is 5. The van der Waals surface area contributed by atoms with E-state index in [0.29, 0.717) is 6.42 Å². The van der Waals surface area contributed by atoms with E-state index in [0.717, 1.165) is 24.3 Å². The minimum Gasteiger partial charge on any atom is -0.372 e. The summed E-state index contributed by atoms with van der Waals surface area (Å²) < 4.78 is 1.50. The third-order valence-corrected chi connectivity index (χ3v) is 5.11. The number of tetrazole rings is 1. The van der Waals surface area contributed by atoms with E-state index in [2.05, 4.69) is 37.9 Å². The second kappa shape index (κ2) is 8.65. The highest BCUT2D eigenvalue weighted by atomic mass is 16.2. The molecule has 1 unspecified atom stereocenters. The average molecular weight is 376 g/mol. The molecular weight excluding hydrogens is 352 g/mol. The Morgan fingerprint density at radius 1 is 1.00 bits per heavy atom. The van der Waals surface area contributed by atoms with E-state index in [9.17, 15) is 4.79 Å². The van der Waals surface area contributed by atoms with Gasteiger partial charge in [0.25, 0.3) is 0 Å². The molecule has 7 heteroatoms. The molecule has 1 aromatic heterocycles. The largest absolute Gasteiger partial charge is 0.372 e. The number of aromatic nitrogens is 4. The lowest BCUT2D eigenvalue weighted by atomic mass is 10.1. The zero-order chi connectivity index (χ0) is 19.2. The van der Waals surface area contributed by atoms with Crippen molar-refractivity contribution in [3.63, 3.8) is 0 Å². The van der Waals surface area contributed by atoms with E-state index in [1.54, 1.807) is 0 Å². The molecule has 1 N–H and O–H groups in total. The number of hydrogen-bond acceptors (Lipinski definition) is 5. The third kappa shape index (κ3) is 4.36. The Balaban J connectivity index is 1.46. The Morgan fingerprint density at radius 2 is 1.75 bits per heavy atom. The Kier molecular flexibility index (Phi) is 5.61. The first-order chi connectivity index (χ1) is 13.8. The number of carbonyl (C=O) groups is 1. The number of amides is 1. The van der Waals surface area contributed by atoms with Gasteiger partial charge in [0.2, 0.25) is 5.91 Å². The fraction of sp³-hybridized carbons (Fsp3) is 0.333. The molecule has 1 fully saturated rings. The van der Waals surface area contributed by atoms with Crippen molar-refractivity contribution in [2.45, 2.75) is 31.7 Å². The zero-order valence-electron chi connectivity index (χ0n) is 15.7. The lowest BCUT2D eigenvalue weighted by Crippen LogP contribution is -2.29. The van der Waals surface area contributed by atoms with Gasteiger partial charge in [0.05, 0.1) is 0 Å². The molecule has 4 rings (SSSR count). The molecule has 1 amide bonds. The van der Waals surface area contributed by atoms with Crippen molar-refractivity contribution in [2.75, 3.05) is 23.3 Å². The lowest BCUT2D eigenvalue weighted by molar-refractivity contribution is -0.119.